The van der Waals surface area contributed by atoms with Crippen LogP contribution in [0.4, 0.5) is 0 Å². The zero-order chi connectivity index (χ0) is 21.1. The van der Waals surface area contributed by atoms with Crippen molar-refractivity contribution in [2.75, 3.05) is 13.1 Å². The van der Waals surface area contributed by atoms with Gasteiger partial charge in [0, 0.05) is 17.1 Å². The third-order valence-electron chi connectivity index (χ3n) is 4.88. The van der Waals surface area contributed by atoms with E-state index in [2.05, 4.69) is 5.32 Å². The third kappa shape index (κ3) is 4.39. The van der Waals surface area contributed by atoms with Crippen molar-refractivity contribution in [3.63, 3.8) is 0 Å². The summed E-state index contributed by atoms with van der Waals surface area (Å²) in [7, 11) is -4.05. The molecule has 156 valence electrons. The van der Waals surface area contributed by atoms with E-state index in [-0.39, 0.29) is 24.5 Å². The van der Waals surface area contributed by atoms with Gasteiger partial charge in [0.25, 0.3) is 5.91 Å². The molecule has 1 heterocycles. The molecule has 2 aromatic rings. The van der Waals surface area contributed by atoms with E-state index in [1.54, 1.807) is 6.07 Å². The maximum absolute atomic E-state index is 13.1. The smallest absolute Gasteiger partial charge is 0.277 e. The zero-order valence-corrected chi connectivity index (χ0v) is 16.9. The summed E-state index contributed by atoms with van der Waals surface area (Å²) in [4.78, 5) is 11.9. The van der Waals surface area contributed by atoms with Crippen molar-refractivity contribution in [1.82, 2.24) is 10.8 Å². The number of aliphatic hydroxyl groups is 1. The van der Waals surface area contributed by atoms with Crippen LogP contribution in [0.3, 0.4) is 0 Å². The molecular formula is C19H21ClN2O6S. The van der Waals surface area contributed by atoms with Crippen LogP contribution in [-0.4, -0.2) is 48.6 Å². The summed E-state index contributed by atoms with van der Waals surface area (Å²) in [6.07, 6.45) is 0.0109. The van der Waals surface area contributed by atoms with Crippen molar-refractivity contribution in [1.29, 1.82) is 0 Å². The molecule has 1 amide bonds. The number of carbonyl (C=O) groups is 1. The minimum absolute atomic E-state index is 0.0109. The second kappa shape index (κ2) is 8.68. The Morgan fingerprint density at radius 2 is 1.93 bits per heavy atom. The average Bonchev–Trinajstić information content (AvgIpc) is 2.73. The highest BCUT2D eigenvalue weighted by atomic mass is 35.5. The number of benzene rings is 2. The number of rotatable bonds is 6. The fourth-order valence-corrected chi connectivity index (χ4v) is 5.43. The molecule has 0 bridgehead atoms. The third-order valence-corrected chi connectivity index (χ3v) is 7.56. The molecule has 1 aliphatic heterocycles. The van der Waals surface area contributed by atoms with Crippen LogP contribution in [0.2, 0.25) is 5.02 Å². The van der Waals surface area contributed by atoms with Crippen molar-refractivity contribution in [2.45, 2.75) is 28.8 Å². The summed E-state index contributed by atoms with van der Waals surface area (Å²) < 4.78 is 31.7. The predicted molar refractivity (Wildman–Crippen MR) is 106 cm³/mol. The Hall–Kier alpha value is -2.17. The molecule has 1 aliphatic rings. The van der Waals surface area contributed by atoms with E-state index in [4.69, 9.17) is 21.5 Å². The number of hydroxylamine groups is 1. The van der Waals surface area contributed by atoms with Crippen LogP contribution in [0.15, 0.2) is 53.4 Å². The highest BCUT2D eigenvalue weighted by Crippen LogP contribution is 2.30. The molecule has 3 rings (SSSR count). The molecule has 0 spiro atoms. The lowest BCUT2D eigenvalue weighted by Gasteiger charge is -2.37. The zero-order valence-electron chi connectivity index (χ0n) is 15.3. The van der Waals surface area contributed by atoms with E-state index in [1.165, 1.54) is 29.7 Å². The Kier molecular flexibility index (Phi) is 6.45. The number of hydrogen-bond donors (Lipinski definition) is 4. The second-order valence-electron chi connectivity index (χ2n) is 6.72. The number of piperidine rings is 1. The number of halogens is 1. The van der Waals surface area contributed by atoms with Gasteiger partial charge in [0.05, 0.1) is 4.90 Å². The van der Waals surface area contributed by atoms with Crippen LogP contribution < -0.4 is 15.5 Å². The molecular weight excluding hydrogens is 420 g/mol. The van der Waals surface area contributed by atoms with Crippen LogP contribution in [0, 0.1) is 0 Å². The normalized spacial score (nSPS) is 22.1. The number of carbonyl (C=O) groups excluding carboxylic acids is 1. The van der Waals surface area contributed by atoms with E-state index in [9.17, 15) is 18.3 Å². The molecule has 0 aromatic heterocycles. The molecule has 2 unspecified atom stereocenters. The molecule has 2 atom stereocenters. The Balaban J connectivity index is 1.79. The molecule has 0 aliphatic carbocycles. The van der Waals surface area contributed by atoms with Gasteiger partial charge in [0.1, 0.15) is 17.6 Å². The minimum Gasteiger partial charge on any atom is -0.489 e. The van der Waals surface area contributed by atoms with Gasteiger partial charge in [-0.3, -0.25) is 10.0 Å². The molecule has 0 radical (unpaired) electrons. The number of hydrogen-bond acceptors (Lipinski definition) is 7. The van der Waals surface area contributed by atoms with Gasteiger partial charge in [-0.2, -0.15) is 0 Å². The number of amides is 1. The highest BCUT2D eigenvalue weighted by Gasteiger charge is 2.52. The molecule has 0 saturated carbocycles. The summed E-state index contributed by atoms with van der Waals surface area (Å²) in [5.74, 6) is -0.726. The van der Waals surface area contributed by atoms with Gasteiger partial charge in [-0.25, -0.2) is 13.9 Å². The fourth-order valence-electron chi connectivity index (χ4n) is 3.27. The van der Waals surface area contributed by atoms with Gasteiger partial charge in [0.15, 0.2) is 15.4 Å². The molecule has 29 heavy (non-hydrogen) atoms. The molecule has 4 N–H and O–H groups in total. The molecule has 10 heteroatoms. The quantitative estimate of drug-likeness (QED) is 0.394. The van der Waals surface area contributed by atoms with E-state index in [1.807, 2.05) is 18.2 Å². The van der Waals surface area contributed by atoms with Gasteiger partial charge in [-0.15, -0.1) is 0 Å². The predicted octanol–water partition coefficient (Wildman–Crippen LogP) is 1.29. The first-order chi connectivity index (χ1) is 13.8. The average molecular weight is 441 g/mol. The highest BCUT2D eigenvalue weighted by molar-refractivity contribution is 7.92. The number of ether oxygens (including phenoxy) is 1. The van der Waals surface area contributed by atoms with E-state index < -0.39 is 26.6 Å². The second-order valence-corrected chi connectivity index (χ2v) is 9.25. The summed E-state index contributed by atoms with van der Waals surface area (Å²) in [6, 6.07) is 12.9. The SMILES string of the molecule is O=C(NO)C1(O)CNCCC1S(=O)(=O)c1ccc(OCc2ccccc2Cl)cc1. The Bertz CT molecular complexity index is 982. The number of nitrogens with one attached hydrogen (secondary N) is 2. The Morgan fingerprint density at radius 1 is 1.24 bits per heavy atom. The van der Waals surface area contributed by atoms with E-state index in [0.29, 0.717) is 17.3 Å². The molecule has 1 fully saturated rings. The van der Waals surface area contributed by atoms with Gasteiger partial charge in [-0.05, 0) is 43.3 Å². The van der Waals surface area contributed by atoms with E-state index >= 15 is 0 Å². The lowest BCUT2D eigenvalue weighted by Crippen LogP contribution is -2.65. The van der Waals surface area contributed by atoms with Crippen molar-refractivity contribution >= 4 is 27.3 Å². The minimum atomic E-state index is -4.05. The summed E-state index contributed by atoms with van der Waals surface area (Å²) >= 11 is 6.09. The van der Waals surface area contributed by atoms with Crippen molar-refractivity contribution in [3.8, 4) is 5.75 Å². The van der Waals surface area contributed by atoms with Crippen LogP contribution >= 0.6 is 11.6 Å². The lowest BCUT2D eigenvalue weighted by atomic mass is 9.93. The van der Waals surface area contributed by atoms with Crippen molar-refractivity contribution < 1.29 is 28.3 Å². The maximum atomic E-state index is 13.1. The summed E-state index contributed by atoms with van der Waals surface area (Å²) in [6.45, 7) is 0.239. The molecule has 2 aromatic carbocycles. The Labute approximate surface area is 173 Å². The van der Waals surface area contributed by atoms with Crippen LogP contribution in [0.1, 0.15) is 12.0 Å². The van der Waals surface area contributed by atoms with Crippen molar-refractivity contribution in [3.05, 3.63) is 59.1 Å². The Morgan fingerprint density at radius 3 is 2.59 bits per heavy atom. The fraction of sp³-hybridized carbons (Fsp3) is 0.316. The first kappa shape index (κ1) is 21.5. The standard InChI is InChI=1S/C19H21ClN2O6S/c20-16-4-2-1-3-13(16)11-28-14-5-7-15(8-6-14)29(26,27)17-9-10-21-12-19(17,24)18(23)22-25/h1-8,17,21,24-25H,9-12H2,(H,22,23). The summed E-state index contributed by atoms with van der Waals surface area (Å²) in [5.41, 5.74) is -0.144. The van der Waals surface area contributed by atoms with Gasteiger partial charge in [0.2, 0.25) is 0 Å². The van der Waals surface area contributed by atoms with E-state index in [0.717, 1.165) is 5.56 Å². The molecule has 8 nitrogen and oxygen atoms in total. The van der Waals surface area contributed by atoms with Crippen LogP contribution in [0.5, 0.6) is 5.75 Å². The monoisotopic (exact) mass is 440 g/mol. The van der Waals surface area contributed by atoms with Gasteiger partial charge < -0.3 is 15.2 Å². The van der Waals surface area contributed by atoms with Crippen LogP contribution in [-0.2, 0) is 21.2 Å². The van der Waals surface area contributed by atoms with Gasteiger partial charge in [-0.1, -0.05) is 29.8 Å². The summed E-state index contributed by atoms with van der Waals surface area (Å²) in [5, 5.41) is 21.5. The maximum Gasteiger partial charge on any atom is 0.277 e. The molecule has 1 saturated heterocycles. The largest absolute Gasteiger partial charge is 0.489 e. The first-order valence-electron chi connectivity index (χ1n) is 8.87. The first-order valence-corrected chi connectivity index (χ1v) is 10.8. The van der Waals surface area contributed by atoms with Crippen LogP contribution in [0.25, 0.3) is 0 Å². The lowest BCUT2D eigenvalue weighted by molar-refractivity contribution is -0.149. The number of β-amino-alcohol motifs (C(OH)–C–C–N with tert-alkyl or cyclic N) is 1. The number of sulfone groups is 1. The topological polar surface area (TPSA) is 125 Å². The van der Waals surface area contributed by atoms with Gasteiger partial charge >= 0.3 is 0 Å². The van der Waals surface area contributed by atoms with Crippen molar-refractivity contribution in [2.24, 2.45) is 0 Å².